The predicted molar refractivity (Wildman–Crippen MR) is 99.5 cm³/mol. The molecule has 0 heterocycles. The molecule has 1 unspecified atom stereocenters. The van der Waals surface area contributed by atoms with Crippen LogP contribution in [-0.4, -0.2) is 22.8 Å². The van der Waals surface area contributed by atoms with Gasteiger partial charge in [0, 0.05) is 12.3 Å². The Morgan fingerprint density at radius 3 is 2.56 bits per heavy atom. The van der Waals surface area contributed by atoms with Crippen molar-refractivity contribution >= 4 is 24.0 Å². The molecule has 0 radical (unpaired) electrons. The highest BCUT2D eigenvalue weighted by Crippen LogP contribution is 2.65. The standard InChI is InChI=1S/C21H30O3.ClH/c1-12(22)16-6-7-17-15-5-4-13-10-14(23)11-19(24)21(13,3)18(15)8-9-20(16,17)2;/h4,14-18,23H,5-11H2,1-3H3;1H/t14?,15-,16+,17-,18-,20+,21-;/m0./s1. The normalized spacial score (nSPS) is 48.6. The van der Waals surface area contributed by atoms with Crippen LogP contribution in [0.2, 0.25) is 0 Å². The number of fused-ring (bicyclic) bond motifs is 5. The fourth-order valence-corrected chi connectivity index (χ4v) is 7.16. The highest BCUT2D eigenvalue weighted by molar-refractivity contribution is 5.90. The van der Waals surface area contributed by atoms with E-state index in [9.17, 15) is 14.7 Å². The lowest BCUT2D eigenvalue weighted by Crippen LogP contribution is -2.54. The van der Waals surface area contributed by atoms with E-state index < -0.39 is 6.10 Å². The van der Waals surface area contributed by atoms with E-state index in [0.29, 0.717) is 36.4 Å². The zero-order chi connectivity index (χ0) is 17.3. The van der Waals surface area contributed by atoms with E-state index >= 15 is 0 Å². The van der Waals surface area contributed by atoms with Crippen LogP contribution in [-0.2, 0) is 9.59 Å². The van der Waals surface area contributed by atoms with Gasteiger partial charge in [-0.3, -0.25) is 9.59 Å². The number of Topliss-reactive ketones (excluding diaryl/α,β-unsaturated/α-hetero) is 2. The van der Waals surface area contributed by atoms with Crippen LogP contribution in [0.5, 0.6) is 0 Å². The van der Waals surface area contributed by atoms with Gasteiger partial charge in [-0.05, 0) is 75.5 Å². The van der Waals surface area contributed by atoms with E-state index in [4.69, 9.17) is 0 Å². The van der Waals surface area contributed by atoms with Crippen LogP contribution < -0.4 is 0 Å². The van der Waals surface area contributed by atoms with E-state index in [2.05, 4.69) is 19.9 Å². The molecule has 0 aromatic rings. The number of carbonyl (C=O) groups excluding carboxylic acids is 2. The minimum Gasteiger partial charge on any atom is -0.392 e. The molecule has 4 aliphatic rings. The minimum absolute atomic E-state index is 0. The summed E-state index contributed by atoms with van der Waals surface area (Å²) in [5.74, 6) is 2.31. The Labute approximate surface area is 157 Å². The van der Waals surface area contributed by atoms with E-state index in [1.807, 2.05) is 0 Å². The summed E-state index contributed by atoms with van der Waals surface area (Å²) in [5, 5.41) is 10.0. The highest BCUT2D eigenvalue weighted by atomic mass is 35.5. The Balaban J connectivity index is 0.00000182. The summed E-state index contributed by atoms with van der Waals surface area (Å²) in [4.78, 5) is 25.1. The molecular weight excluding hydrogens is 336 g/mol. The van der Waals surface area contributed by atoms with Crippen LogP contribution >= 0.6 is 12.4 Å². The van der Waals surface area contributed by atoms with Crippen LogP contribution in [0.4, 0.5) is 0 Å². The second-order valence-electron chi connectivity index (χ2n) is 9.31. The van der Waals surface area contributed by atoms with Crippen LogP contribution in [0.15, 0.2) is 11.6 Å². The van der Waals surface area contributed by atoms with E-state index in [1.165, 1.54) is 5.57 Å². The summed E-state index contributed by atoms with van der Waals surface area (Å²) >= 11 is 0. The first-order chi connectivity index (χ1) is 11.3. The molecule has 0 spiro atoms. The smallest absolute Gasteiger partial charge is 0.145 e. The summed E-state index contributed by atoms with van der Waals surface area (Å²) in [5.41, 5.74) is 0.959. The topological polar surface area (TPSA) is 54.4 Å². The molecule has 7 atom stereocenters. The van der Waals surface area contributed by atoms with Crippen molar-refractivity contribution in [3.63, 3.8) is 0 Å². The second kappa shape index (κ2) is 6.20. The number of ketones is 2. The van der Waals surface area contributed by atoms with Gasteiger partial charge in [0.2, 0.25) is 0 Å². The molecule has 4 heteroatoms. The van der Waals surface area contributed by atoms with Crippen molar-refractivity contribution < 1.29 is 14.7 Å². The van der Waals surface area contributed by atoms with Crippen molar-refractivity contribution in [3.8, 4) is 0 Å². The molecule has 0 saturated heterocycles. The molecule has 0 amide bonds. The maximum atomic E-state index is 12.9. The molecule has 140 valence electrons. The Hall–Kier alpha value is -0.670. The van der Waals surface area contributed by atoms with Crippen LogP contribution in [0, 0.1) is 34.5 Å². The lowest BCUT2D eigenvalue weighted by Gasteiger charge is -2.56. The maximum Gasteiger partial charge on any atom is 0.145 e. The van der Waals surface area contributed by atoms with Gasteiger partial charge in [-0.1, -0.05) is 18.6 Å². The number of hydrogen-bond acceptors (Lipinski definition) is 3. The zero-order valence-corrected chi connectivity index (χ0v) is 16.4. The largest absolute Gasteiger partial charge is 0.392 e. The molecule has 4 rings (SSSR count). The Kier molecular flexibility index (Phi) is 4.73. The van der Waals surface area contributed by atoms with Crippen LogP contribution in [0.1, 0.15) is 65.7 Å². The van der Waals surface area contributed by atoms with Gasteiger partial charge < -0.3 is 5.11 Å². The quantitative estimate of drug-likeness (QED) is 0.710. The number of carbonyl (C=O) groups is 2. The Morgan fingerprint density at radius 2 is 1.88 bits per heavy atom. The van der Waals surface area contributed by atoms with Crippen molar-refractivity contribution in [3.05, 3.63) is 11.6 Å². The SMILES string of the molecule is CC(=O)[C@H]1CC[C@H]2[C@@H]3CC=C4CC(O)CC(=O)[C@]4(C)[C@H]3CC[C@]12C.Cl. The molecule has 25 heavy (non-hydrogen) atoms. The molecule has 0 aromatic carbocycles. The molecule has 1 N–H and O–H groups in total. The van der Waals surface area contributed by atoms with Gasteiger partial charge in [0.05, 0.1) is 11.5 Å². The Bertz CT molecular complexity index is 627. The predicted octanol–water partition coefficient (Wildman–Crippen LogP) is 4.12. The maximum absolute atomic E-state index is 12.9. The number of aliphatic hydroxyl groups excluding tert-OH is 1. The molecule has 0 bridgehead atoms. The number of allylic oxidation sites excluding steroid dienone is 1. The van der Waals surface area contributed by atoms with Crippen molar-refractivity contribution in [1.82, 2.24) is 0 Å². The first-order valence-corrected chi connectivity index (χ1v) is 9.69. The third-order valence-corrected chi connectivity index (χ3v) is 8.43. The lowest BCUT2D eigenvalue weighted by atomic mass is 9.47. The van der Waals surface area contributed by atoms with Crippen LogP contribution in [0.3, 0.4) is 0 Å². The molecule has 0 aliphatic heterocycles. The number of rotatable bonds is 1. The van der Waals surface area contributed by atoms with Gasteiger partial charge in [-0.25, -0.2) is 0 Å². The van der Waals surface area contributed by atoms with Gasteiger partial charge in [0.15, 0.2) is 0 Å². The highest BCUT2D eigenvalue weighted by Gasteiger charge is 2.61. The van der Waals surface area contributed by atoms with E-state index in [-0.39, 0.29) is 34.9 Å². The number of aliphatic hydroxyl groups is 1. The van der Waals surface area contributed by atoms with Crippen molar-refractivity contribution in [2.75, 3.05) is 0 Å². The summed E-state index contributed by atoms with van der Waals surface area (Å²) < 4.78 is 0. The second-order valence-corrected chi connectivity index (χ2v) is 9.31. The van der Waals surface area contributed by atoms with Crippen LogP contribution in [0.25, 0.3) is 0 Å². The molecule has 3 fully saturated rings. The minimum atomic E-state index is -0.490. The fraction of sp³-hybridized carbons (Fsp3) is 0.810. The van der Waals surface area contributed by atoms with Crippen molar-refractivity contribution in [2.45, 2.75) is 71.8 Å². The Morgan fingerprint density at radius 1 is 1.16 bits per heavy atom. The van der Waals surface area contributed by atoms with E-state index in [0.717, 1.165) is 32.1 Å². The lowest BCUT2D eigenvalue weighted by molar-refractivity contribution is -0.141. The zero-order valence-electron chi connectivity index (χ0n) is 15.6. The monoisotopic (exact) mass is 366 g/mol. The summed E-state index contributed by atoms with van der Waals surface area (Å²) in [6, 6.07) is 0. The average molecular weight is 367 g/mol. The summed E-state index contributed by atoms with van der Waals surface area (Å²) in [7, 11) is 0. The number of hydrogen-bond donors (Lipinski definition) is 1. The summed E-state index contributed by atoms with van der Waals surface area (Å²) in [6.07, 6.45) is 8.08. The van der Waals surface area contributed by atoms with Gasteiger partial charge in [0.25, 0.3) is 0 Å². The first-order valence-electron chi connectivity index (χ1n) is 9.69. The first kappa shape index (κ1) is 19.1. The van der Waals surface area contributed by atoms with Crippen molar-refractivity contribution in [2.24, 2.45) is 34.5 Å². The molecule has 4 aliphatic carbocycles. The third kappa shape index (κ3) is 2.49. The fourth-order valence-electron chi connectivity index (χ4n) is 7.16. The average Bonchev–Trinajstić information content (AvgIpc) is 2.86. The molecular formula is C21H31ClO3. The third-order valence-electron chi connectivity index (χ3n) is 8.43. The molecule has 0 aromatic heterocycles. The van der Waals surface area contributed by atoms with Gasteiger partial charge in [0.1, 0.15) is 11.6 Å². The molecule has 3 nitrogen and oxygen atoms in total. The summed E-state index contributed by atoms with van der Waals surface area (Å²) in [6.45, 7) is 6.24. The molecule has 3 saturated carbocycles. The van der Waals surface area contributed by atoms with Crippen molar-refractivity contribution in [1.29, 1.82) is 0 Å². The van der Waals surface area contributed by atoms with Gasteiger partial charge in [-0.2, -0.15) is 0 Å². The van der Waals surface area contributed by atoms with E-state index in [1.54, 1.807) is 6.92 Å². The number of halogens is 1. The van der Waals surface area contributed by atoms with Gasteiger partial charge in [-0.15, -0.1) is 12.4 Å². The van der Waals surface area contributed by atoms with Gasteiger partial charge >= 0.3 is 0 Å².